The van der Waals surface area contributed by atoms with Gasteiger partial charge in [0.15, 0.2) is 6.10 Å². The SMILES string of the molecule is O=C(O)C1CN(c2cc(Cl)ncn2)CCO1. The number of aromatic nitrogens is 2. The van der Waals surface area contributed by atoms with Gasteiger partial charge in [0.25, 0.3) is 0 Å². The van der Waals surface area contributed by atoms with Crippen molar-refractivity contribution < 1.29 is 14.6 Å². The number of anilines is 1. The quantitative estimate of drug-likeness (QED) is 0.759. The first-order chi connectivity index (χ1) is 7.66. The van der Waals surface area contributed by atoms with Crippen molar-refractivity contribution in [3.63, 3.8) is 0 Å². The fourth-order valence-corrected chi connectivity index (χ4v) is 1.65. The van der Waals surface area contributed by atoms with Crippen molar-refractivity contribution in [2.24, 2.45) is 0 Å². The van der Waals surface area contributed by atoms with Gasteiger partial charge < -0.3 is 14.7 Å². The molecule has 0 aromatic carbocycles. The molecule has 0 radical (unpaired) electrons. The first-order valence-corrected chi connectivity index (χ1v) is 5.11. The molecule has 7 heteroatoms. The Morgan fingerprint density at radius 2 is 2.44 bits per heavy atom. The van der Waals surface area contributed by atoms with E-state index in [0.29, 0.717) is 24.1 Å². The normalized spacial score (nSPS) is 20.8. The van der Waals surface area contributed by atoms with Crippen molar-refractivity contribution in [3.8, 4) is 0 Å². The average Bonchev–Trinajstić information content (AvgIpc) is 2.29. The zero-order valence-electron chi connectivity index (χ0n) is 8.34. The molecule has 1 saturated heterocycles. The number of carboxylic acids is 1. The molecule has 1 aliphatic heterocycles. The summed E-state index contributed by atoms with van der Waals surface area (Å²) in [6.07, 6.45) is 0.533. The smallest absolute Gasteiger partial charge is 0.334 e. The van der Waals surface area contributed by atoms with Gasteiger partial charge in [0.05, 0.1) is 13.2 Å². The number of carbonyl (C=O) groups is 1. The Labute approximate surface area is 96.8 Å². The van der Waals surface area contributed by atoms with Crippen LogP contribution >= 0.6 is 11.6 Å². The summed E-state index contributed by atoms with van der Waals surface area (Å²) in [6.45, 7) is 1.22. The van der Waals surface area contributed by atoms with E-state index in [9.17, 15) is 4.79 Å². The third-order valence-electron chi connectivity index (χ3n) is 2.29. The Morgan fingerprint density at radius 3 is 3.12 bits per heavy atom. The summed E-state index contributed by atoms with van der Waals surface area (Å²) < 4.78 is 5.10. The zero-order valence-corrected chi connectivity index (χ0v) is 9.09. The molecule has 1 aromatic heterocycles. The summed E-state index contributed by atoms with van der Waals surface area (Å²) in [7, 11) is 0. The largest absolute Gasteiger partial charge is 0.479 e. The molecule has 1 atom stereocenters. The third-order valence-corrected chi connectivity index (χ3v) is 2.49. The first-order valence-electron chi connectivity index (χ1n) is 4.74. The van der Waals surface area contributed by atoms with Gasteiger partial charge in [-0.05, 0) is 0 Å². The molecule has 2 heterocycles. The lowest BCUT2D eigenvalue weighted by molar-refractivity contribution is -0.150. The van der Waals surface area contributed by atoms with Crippen molar-refractivity contribution in [2.75, 3.05) is 24.6 Å². The predicted molar refractivity (Wildman–Crippen MR) is 56.6 cm³/mol. The minimum atomic E-state index is -0.968. The van der Waals surface area contributed by atoms with E-state index >= 15 is 0 Å². The van der Waals surface area contributed by atoms with Crippen LogP contribution in [-0.4, -0.2) is 46.8 Å². The molecule has 86 valence electrons. The molecule has 0 bridgehead atoms. The van der Waals surface area contributed by atoms with E-state index in [1.165, 1.54) is 6.33 Å². The second kappa shape index (κ2) is 4.63. The zero-order chi connectivity index (χ0) is 11.5. The topological polar surface area (TPSA) is 75.5 Å². The highest BCUT2D eigenvalue weighted by Crippen LogP contribution is 2.17. The maximum absolute atomic E-state index is 10.8. The lowest BCUT2D eigenvalue weighted by Gasteiger charge is -2.31. The summed E-state index contributed by atoms with van der Waals surface area (Å²) in [5.41, 5.74) is 0. The van der Waals surface area contributed by atoms with Crippen LogP contribution in [0.25, 0.3) is 0 Å². The molecule has 1 unspecified atom stereocenters. The van der Waals surface area contributed by atoms with Crippen LogP contribution in [0.1, 0.15) is 0 Å². The maximum Gasteiger partial charge on any atom is 0.334 e. The Balaban J connectivity index is 2.12. The summed E-state index contributed by atoms with van der Waals surface area (Å²) in [6, 6.07) is 1.60. The first kappa shape index (κ1) is 11.1. The van der Waals surface area contributed by atoms with Crippen LogP contribution in [0.4, 0.5) is 5.82 Å². The monoisotopic (exact) mass is 243 g/mol. The minimum Gasteiger partial charge on any atom is -0.479 e. The highest BCUT2D eigenvalue weighted by Gasteiger charge is 2.26. The lowest BCUT2D eigenvalue weighted by Crippen LogP contribution is -2.46. The van der Waals surface area contributed by atoms with Crippen LogP contribution in [0.3, 0.4) is 0 Å². The Morgan fingerprint density at radius 1 is 1.62 bits per heavy atom. The third kappa shape index (κ3) is 2.40. The number of aliphatic carboxylic acids is 1. The standard InChI is InChI=1S/C9H10ClN3O3/c10-7-3-8(12-5-11-7)13-1-2-16-6(4-13)9(14)15/h3,5-6H,1-2,4H2,(H,14,15). The van der Waals surface area contributed by atoms with Gasteiger partial charge in [-0.1, -0.05) is 11.6 Å². The highest BCUT2D eigenvalue weighted by molar-refractivity contribution is 6.29. The van der Waals surface area contributed by atoms with Gasteiger partial charge in [0.1, 0.15) is 17.3 Å². The Bertz CT molecular complexity index is 401. The van der Waals surface area contributed by atoms with Gasteiger partial charge in [-0.15, -0.1) is 0 Å². The highest BCUT2D eigenvalue weighted by atomic mass is 35.5. The molecule has 0 saturated carbocycles. The second-order valence-corrected chi connectivity index (χ2v) is 3.73. The lowest BCUT2D eigenvalue weighted by atomic mass is 10.2. The van der Waals surface area contributed by atoms with E-state index in [4.69, 9.17) is 21.4 Å². The molecule has 1 N–H and O–H groups in total. The number of nitrogens with zero attached hydrogens (tertiary/aromatic N) is 3. The van der Waals surface area contributed by atoms with Crippen molar-refractivity contribution in [2.45, 2.75) is 6.10 Å². The van der Waals surface area contributed by atoms with Gasteiger partial charge >= 0.3 is 5.97 Å². The molecular weight excluding hydrogens is 234 g/mol. The molecular formula is C9H10ClN3O3. The molecule has 1 fully saturated rings. The van der Waals surface area contributed by atoms with Crippen LogP contribution < -0.4 is 4.90 Å². The van der Waals surface area contributed by atoms with Crippen molar-refractivity contribution in [3.05, 3.63) is 17.5 Å². The predicted octanol–water partition coefficient (Wildman–Crippen LogP) is 0.420. The van der Waals surface area contributed by atoms with E-state index in [1.54, 1.807) is 6.07 Å². The van der Waals surface area contributed by atoms with Crippen LogP contribution in [-0.2, 0) is 9.53 Å². The van der Waals surface area contributed by atoms with Gasteiger partial charge in [0.2, 0.25) is 0 Å². The van der Waals surface area contributed by atoms with Crippen molar-refractivity contribution in [1.29, 1.82) is 0 Å². The van der Waals surface area contributed by atoms with Gasteiger partial charge in [-0.3, -0.25) is 0 Å². The molecule has 0 aliphatic carbocycles. The van der Waals surface area contributed by atoms with Crippen LogP contribution in [0, 0.1) is 0 Å². The number of hydrogen-bond donors (Lipinski definition) is 1. The minimum absolute atomic E-state index is 0.267. The summed E-state index contributed by atoms with van der Waals surface area (Å²) in [5, 5.41) is 9.18. The second-order valence-electron chi connectivity index (χ2n) is 3.34. The van der Waals surface area contributed by atoms with Crippen LogP contribution in [0.5, 0.6) is 0 Å². The van der Waals surface area contributed by atoms with Crippen LogP contribution in [0.15, 0.2) is 12.4 Å². The maximum atomic E-state index is 10.8. The van der Waals surface area contributed by atoms with Crippen molar-refractivity contribution in [1.82, 2.24) is 9.97 Å². The average molecular weight is 244 g/mol. The Kier molecular flexibility index (Phi) is 3.21. The Hall–Kier alpha value is -1.40. The number of carboxylic acid groups (broad SMARTS) is 1. The fraction of sp³-hybridized carbons (Fsp3) is 0.444. The van der Waals surface area contributed by atoms with Crippen molar-refractivity contribution >= 4 is 23.4 Å². The van der Waals surface area contributed by atoms with E-state index < -0.39 is 12.1 Å². The molecule has 16 heavy (non-hydrogen) atoms. The number of ether oxygens (including phenoxy) is 1. The van der Waals surface area contributed by atoms with E-state index in [1.807, 2.05) is 4.90 Å². The summed E-state index contributed by atoms with van der Waals surface area (Å²) in [4.78, 5) is 20.4. The summed E-state index contributed by atoms with van der Waals surface area (Å²) in [5.74, 6) is -0.348. The van der Waals surface area contributed by atoms with E-state index in [2.05, 4.69) is 9.97 Å². The van der Waals surface area contributed by atoms with Gasteiger partial charge in [-0.25, -0.2) is 14.8 Å². The number of rotatable bonds is 2. The molecule has 0 spiro atoms. The molecule has 6 nitrogen and oxygen atoms in total. The number of halogens is 1. The number of hydrogen-bond acceptors (Lipinski definition) is 5. The molecule has 0 amide bonds. The van der Waals surface area contributed by atoms with Gasteiger partial charge in [-0.2, -0.15) is 0 Å². The van der Waals surface area contributed by atoms with Crippen LogP contribution in [0.2, 0.25) is 5.15 Å². The molecule has 2 rings (SSSR count). The number of morpholine rings is 1. The molecule has 1 aliphatic rings. The fourth-order valence-electron chi connectivity index (χ4n) is 1.50. The summed E-state index contributed by atoms with van der Waals surface area (Å²) >= 11 is 5.74. The van der Waals surface area contributed by atoms with Gasteiger partial charge in [0, 0.05) is 12.6 Å². The van der Waals surface area contributed by atoms with E-state index in [0.717, 1.165) is 0 Å². The molecule has 1 aromatic rings. The van der Waals surface area contributed by atoms with E-state index in [-0.39, 0.29) is 6.54 Å².